The van der Waals surface area contributed by atoms with Crippen molar-refractivity contribution < 1.29 is 24.1 Å². The van der Waals surface area contributed by atoms with Gasteiger partial charge >= 0.3 is 6.09 Å². The van der Waals surface area contributed by atoms with E-state index in [1.54, 1.807) is 40.9 Å². The van der Waals surface area contributed by atoms with Gasteiger partial charge in [0.25, 0.3) is 0 Å². The minimum atomic E-state index is -0.587. The normalized spacial score (nSPS) is 13.8. The van der Waals surface area contributed by atoms with Crippen molar-refractivity contribution in [1.29, 1.82) is 0 Å². The Labute approximate surface area is 144 Å². The van der Waals surface area contributed by atoms with E-state index in [0.717, 1.165) is 5.56 Å². The van der Waals surface area contributed by atoms with E-state index < -0.39 is 23.8 Å². The van der Waals surface area contributed by atoms with Crippen molar-refractivity contribution in [2.45, 2.75) is 58.8 Å². The van der Waals surface area contributed by atoms with Crippen LogP contribution in [-0.4, -0.2) is 36.6 Å². The van der Waals surface area contributed by atoms with Gasteiger partial charge in [0, 0.05) is 0 Å². The second-order valence-corrected chi connectivity index (χ2v) is 6.63. The first-order valence-corrected chi connectivity index (χ1v) is 8.14. The topological polar surface area (TPSA) is 77.0 Å². The lowest BCUT2D eigenvalue weighted by molar-refractivity contribution is 0.0486. The first-order valence-electron chi connectivity index (χ1n) is 8.14. The molecule has 0 aliphatic rings. The average Bonchev–Trinajstić information content (AvgIpc) is 2.44. The van der Waals surface area contributed by atoms with Crippen molar-refractivity contribution in [3.05, 3.63) is 23.8 Å². The molecule has 2 unspecified atom stereocenters. The molecule has 0 aromatic heterocycles. The second kappa shape index (κ2) is 8.78. The van der Waals surface area contributed by atoms with E-state index in [-0.39, 0.29) is 0 Å². The highest BCUT2D eigenvalue weighted by atomic mass is 16.6. The zero-order valence-corrected chi connectivity index (χ0v) is 15.4. The highest BCUT2D eigenvalue weighted by molar-refractivity contribution is 5.68. The average molecular weight is 339 g/mol. The van der Waals surface area contributed by atoms with Crippen LogP contribution in [0.15, 0.2) is 18.2 Å². The fraction of sp³-hybridized carbons (Fsp3) is 0.611. The molecule has 0 spiro atoms. The summed E-state index contributed by atoms with van der Waals surface area (Å²) in [6, 6.07) is 5.04. The van der Waals surface area contributed by atoms with E-state index in [0.29, 0.717) is 24.5 Å². The van der Waals surface area contributed by atoms with Crippen LogP contribution in [0.4, 0.5) is 4.79 Å². The molecular weight excluding hydrogens is 310 g/mol. The number of hydrogen-bond donors (Lipinski definition) is 2. The maximum absolute atomic E-state index is 12.1. The predicted molar refractivity (Wildman–Crippen MR) is 92.6 cm³/mol. The number of nitrogens with one attached hydrogen (secondary N) is 1. The predicted octanol–water partition coefficient (Wildman–Crippen LogP) is 3.43. The quantitative estimate of drug-likeness (QED) is 0.796. The molecule has 1 aromatic carbocycles. The number of aliphatic hydroxyl groups excluding tert-OH is 1. The molecule has 6 heteroatoms. The number of carbonyl (C=O) groups is 1. The molecule has 24 heavy (non-hydrogen) atoms. The van der Waals surface area contributed by atoms with Gasteiger partial charge in [0.2, 0.25) is 0 Å². The summed E-state index contributed by atoms with van der Waals surface area (Å²) in [6.07, 6.45) is -0.749. The molecule has 2 atom stereocenters. The Morgan fingerprint density at radius 3 is 2.46 bits per heavy atom. The molecule has 1 rings (SSSR count). The van der Waals surface area contributed by atoms with Gasteiger partial charge in [-0.1, -0.05) is 6.07 Å². The molecule has 0 aliphatic carbocycles. The van der Waals surface area contributed by atoms with Crippen molar-refractivity contribution >= 4 is 6.09 Å². The molecule has 2 N–H and O–H groups in total. The Morgan fingerprint density at radius 1 is 1.29 bits per heavy atom. The monoisotopic (exact) mass is 339 g/mol. The van der Waals surface area contributed by atoms with Gasteiger partial charge in [-0.15, -0.1) is 0 Å². The van der Waals surface area contributed by atoms with Crippen LogP contribution in [0.25, 0.3) is 0 Å². The number of ether oxygens (including phenoxy) is 3. The Bertz CT molecular complexity index is 537. The third-order valence-electron chi connectivity index (χ3n) is 3.16. The number of carbonyl (C=O) groups excluding carboxylic acids is 1. The standard InChI is InChI=1S/C18H29NO5/c1-7-23-16-11-13(8-9-15(16)22-6)14(10-12(2)20)19-17(21)24-18(3,4)5/h8-9,11-12,14,20H,7,10H2,1-6H3,(H,19,21). The third-order valence-corrected chi connectivity index (χ3v) is 3.16. The number of aliphatic hydroxyl groups is 1. The van der Waals surface area contributed by atoms with Crippen molar-refractivity contribution in [3.8, 4) is 11.5 Å². The van der Waals surface area contributed by atoms with Gasteiger partial charge in [0.15, 0.2) is 11.5 Å². The van der Waals surface area contributed by atoms with Crippen LogP contribution in [0.2, 0.25) is 0 Å². The summed E-state index contributed by atoms with van der Waals surface area (Å²) < 4.78 is 16.2. The lowest BCUT2D eigenvalue weighted by atomic mass is 10.0. The number of benzene rings is 1. The lowest BCUT2D eigenvalue weighted by Gasteiger charge is -2.25. The molecule has 6 nitrogen and oxygen atoms in total. The van der Waals surface area contributed by atoms with E-state index in [1.807, 2.05) is 19.1 Å². The molecule has 0 saturated carbocycles. The fourth-order valence-corrected chi connectivity index (χ4v) is 2.25. The summed E-state index contributed by atoms with van der Waals surface area (Å²) in [4.78, 5) is 12.1. The zero-order valence-electron chi connectivity index (χ0n) is 15.4. The number of alkyl carbamates (subject to hydrolysis) is 1. The number of amides is 1. The van der Waals surface area contributed by atoms with Crippen LogP contribution in [0, 0.1) is 0 Å². The minimum absolute atomic E-state index is 0.358. The molecule has 0 saturated heterocycles. The molecule has 0 heterocycles. The number of rotatable bonds is 7. The van der Waals surface area contributed by atoms with E-state index >= 15 is 0 Å². The van der Waals surface area contributed by atoms with Gasteiger partial charge in [0.1, 0.15) is 5.60 Å². The largest absolute Gasteiger partial charge is 0.493 e. The van der Waals surface area contributed by atoms with E-state index in [2.05, 4.69) is 5.32 Å². The zero-order chi connectivity index (χ0) is 18.3. The molecule has 0 radical (unpaired) electrons. The first-order chi connectivity index (χ1) is 11.2. The highest BCUT2D eigenvalue weighted by Gasteiger charge is 2.22. The fourth-order valence-electron chi connectivity index (χ4n) is 2.25. The maximum Gasteiger partial charge on any atom is 0.408 e. The van der Waals surface area contributed by atoms with Crippen LogP contribution in [0.1, 0.15) is 52.6 Å². The highest BCUT2D eigenvalue weighted by Crippen LogP contribution is 2.31. The van der Waals surface area contributed by atoms with Crippen LogP contribution in [-0.2, 0) is 4.74 Å². The number of methoxy groups -OCH3 is 1. The third kappa shape index (κ3) is 6.66. The van der Waals surface area contributed by atoms with Crippen molar-refractivity contribution in [2.75, 3.05) is 13.7 Å². The van der Waals surface area contributed by atoms with Crippen molar-refractivity contribution in [2.24, 2.45) is 0 Å². The van der Waals surface area contributed by atoms with Gasteiger partial charge < -0.3 is 24.6 Å². The summed E-state index contributed by atoms with van der Waals surface area (Å²) in [5.41, 5.74) is 0.224. The van der Waals surface area contributed by atoms with Crippen molar-refractivity contribution in [1.82, 2.24) is 5.32 Å². The molecule has 1 aromatic rings. The van der Waals surface area contributed by atoms with Gasteiger partial charge in [-0.3, -0.25) is 0 Å². The van der Waals surface area contributed by atoms with E-state index in [9.17, 15) is 9.90 Å². The molecule has 0 fully saturated rings. The van der Waals surface area contributed by atoms with Gasteiger partial charge in [-0.25, -0.2) is 4.79 Å². The van der Waals surface area contributed by atoms with Gasteiger partial charge in [0.05, 0.1) is 25.9 Å². The summed E-state index contributed by atoms with van der Waals surface area (Å²) in [5.74, 6) is 1.22. The Morgan fingerprint density at radius 2 is 1.96 bits per heavy atom. The molecule has 0 aliphatic heterocycles. The van der Waals surface area contributed by atoms with E-state index in [4.69, 9.17) is 14.2 Å². The summed E-state index contributed by atoms with van der Waals surface area (Å²) in [7, 11) is 1.57. The minimum Gasteiger partial charge on any atom is -0.493 e. The molecule has 136 valence electrons. The Balaban J connectivity index is 3.03. The molecular formula is C18H29NO5. The maximum atomic E-state index is 12.1. The smallest absolute Gasteiger partial charge is 0.408 e. The Hall–Kier alpha value is -1.95. The van der Waals surface area contributed by atoms with Crippen LogP contribution in [0.3, 0.4) is 0 Å². The van der Waals surface area contributed by atoms with Crippen LogP contribution in [0.5, 0.6) is 11.5 Å². The van der Waals surface area contributed by atoms with E-state index in [1.165, 1.54) is 0 Å². The number of hydrogen-bond acceptors (Lipinski definition) is 5. The van der Waals surface area contributed by atoms with Gasteiger partial charge in [-0.2, -0.15) is 0 Å². The summed E-state index contributed by atoms with van der Waals surface area (Å²) >= 11 is 0. The first kappa shape index (κ1) is 20.1. The summed E-state index contributed by atoms with van der Waals surface area (Å²) in [5, 5.41) is 12.6. The van der Waals surface area contributed by atoms with Crippen LogP contribution >= 0.6 is 0 Å². The van der Waals surface area contributed by atoms with Gasteiger partial charge in [-0.05, 0) is 58.7 Å². The SMILES string of the molecule is CCOc1cc(C(CC(C)O)NC(=O)OC(C)(C)C)ccc1OC. The lowest BCUT2D eigenvalue weighted by Crippen LogP contribution is -2.36. The Kier molecular flexibility index (Phi) is 7.35. The molecule has 0 bridgehead atoms. The van der Waals surface area contributed by atoms with Crippen molar-refractivity contribution in [3.63, 3.8) is 0 Å². The molecule has 1 amide bonds. The second-order valence-electron chi connectivity index (χ2n) is 6.63. The van der Waals surface area contributed by atoms with Crippen LogP contribution < -0.4 is 14.8 Å². The summed E-state index contributed by atoms with van der Waals surface area (Å²) in [6.45, 7) is 9.47.